The lowest BCUT2D eigenvalue weighted by Crippen LogP contribution is -1.93. The van der Waals surface area contributed by atoms with Gasteiger partial charge >= 0.3 is 0 Å². The largest absolute Gasteiger partial charge is 0.261 e. The lowest BCUT2D eigenvalue weighted by atomic mass is 10.1. The molecule has 0 spiro atoms. The first-order chi connectivity index (χ1) is 7.20. The van der Waals surface area contributed by atoms with E-state index in [-0.39, 0.29) is 4.83 Å². The maximum Gasteiger partial charge on any atom is 0.108 e. The Morgan fingerprint density at radius 1 is 1.27 bits per heavy atom. The molecule has 0 radical (unpaired) electrons. The number of aromatic nitrogens is 2. The van der Waals surface area contributed by atoms with Gasteiger partial charge in [-0.2, -0.15) is 5.10 Å². The average molecular weight is 330 g/mol. The number of halogens is 2. The first-order valence-electron chi connectivity index (χ1n) is 4.56. The fourth-order valence-corrected chi connectivity index (χ4v) is 2.78. The van der Waals surface area contributed by atoms with E-state index in [1.165, 1.54) is 5.56 Å². The van der Waals surface area contributed by atoms with E-state index in [9.17, 15) is 0 Å². The fourth-order valence-electron chi connectivity index (χ4n) is 1.41. The van der Waals surface area contributed by atoms with Crippen molar-refractivity contribution in [2.24, 2.45) is 7.05 Å². The molecule has 1 aromatic carbocycles. The van der Waals surface area contributed by atoms with Gasteiger partial charge in [0.05, 0.1) is 11.0 Å². The molecule has 15 heavy (non-hydrogen) atoms. The van der Waals surface area contributed by atoms with E-state index in [2.05, 4.69) is 49.1 Å². The van der Waals surface area contributed by atoms with Crippen LogP contribution in [-0.4, -0.2) is 9.78 Å². The predicted octanol–water partition coefficient (Wildman–Crippen LogP) is 3.67. The van der Waals surface area contributed by atoms with E-state index in [1.54, 1.807) is 0 Å². The van der Waals surface area contributed by atoms with Gasteiger partial charge < -0.3 is 0 Å². The van der Waals surface area contributed by atoms with Gasteiger partial charge in [-0.1, -0.05) is 46.3 Å². The molecule has 78 valence electrons. The van der Waals surface area contributed by atoms with Crippen molar-refractivity contribution >= 4 is 31.9 Å². The molecule has 1 heterocycles. The molecule has 0 bridgehead atoms. The number of rotatable bonds is 2. The summed E-state index contributed by atoms with van der Waals surface area (Å²) in [5.41, 5.74) is 2.37. The highest BCUT2D eigenvalue weighted by molar-refractivity contribution is 9.10. The first-order valence-corrected chi connectivity index (χ1v) is 6.27. The van der Waals surface area contributed by atoms with Crippen LogP contribution in [-0.2, 0) is 7.05 Å². The summed E-state index contributed by atoms with van der Waals surface area (Å²) in [6.07, 6.45) is 1.87. The molecule has 0 N–H and O–H groups in total. The van der Waals surface area contributed by atoms with Crippen molar-refractivity contribution in [3.8, 4) is 0 Å². The van der Waals surface area contributed by atoms with Gasteiger partial charge in [-0.25, -0.2) is 0 Å². The summed E-state index contributed by atoms with van der Waals surface area (Å²) in [7, 11) is 1.91. The topological polar surface area (TPSA) is 17.8 Å². The van der Waals surface area contributed by atoms with Crippen LogP contribution in [0.2, 0.25) is 0 Å². The highest BCUT2D eigenvalue weighted by Gasteiger charge is 2.15. The zero-order chi connectivity index (χ0) is 10.8. The van der Waals surface area contributed by atoms with E-state index in [0.29, 0.717) is 0 Å². The molecular formula is C11H10Br2N2. The minimum atomic E-state index is 0.182. The molecule has 0 saturated heterocycles. The van der Waals surface area contributed by atoms with Crippen molar-refractivity contribution in [1.82, 2.24) is 9.78 Å². The van der Waals surface area contributed by atoms with Crippen molar-refractivity contribution in [1.29, 1.82) is 0 Å². The van der Waals surface area contributed by atoms with Crippen LogP contribution in [0, 0.1) is 0 Å². The summed E-state index contributed by atoms with van der Waals surface area (Å²) < 4.78 is 2.82. The van der Waals surface area contributed by atoms with Crippen LogP contribution in [0.15, 0.2) is 41.1 Å². The molecular weight excluding hydrogens is 320 g/mol. The van der Waals surface area contributed by atoms with Gasteiger partial charge in [0.25, 0.3) is 0 Å². The summed E-state index contributed by atoms with van der Waals surface area (Å²) in [4.78, 5) is 0.182. The Balaban J connectivity index is 2.37. The highest BCUT2D eigenvalue weighted by Crippen LogP contribution is 2.34. The lowest BCUT2D eigenvalue weighted by Gasteiger charge is -2.08. The lowest BCUT2D eigenvalue weighted by molar-refractivity contribution is 0.748. The third kappa shape index (κ3) is 2.16. The molecule has 2 nitrogen and oxygen atoms in total. The molecule has 1 atom stereocenters. The number of aryl methyl sites for hydroxylation is 1. The van der Waals surface area contributed by atoms with Crippen LogP contribution in [0.5, 0.6) is 0 Å². The minimum Gasteiger partial charge on any atom is -0.261 e. The van der Waals surface area contributed by atoms with Crippen molar-refractivity contribution in [3.05, 3.63) is 52.3 Å². The predicted molar refractivity (Wildman–Crippen MR) is 68.1 cm³/mol. The van der Waals surface area contributed by atoms with Crippen LogP contribution in [0.1, 0.15) is 16.0 Å². The Morgan fingerprint density at radius 3 is 2.47 bits per heavy atom. The zero-order valence-corrected chi connectivity index (χ0v) is 11.4. The summed E-state index contributed by atoms with van der Waals surface area (Å²) in [5, 5.41) is 4.20. The van der Waals surface area contributed by atoms with E-state index in [1.807, 2.05) is 36.1 Å². The Kier molecular flexibility index (Phi) is 3.26. The summed E-state index contributed by atoms with van der Waals surface area (Å²) in [6.45, 7) is 0. The molecule has 2 rings (SSSR count). The molecule has 0 saturated carbocycles. The van der Waals surface area contributed by atoms with Gasteiger partial charge in [0.1, 0.15) is 4.60 Å². The van der Waals surface area contributed by atoms with Crippen LogP contribution >= 0.6 is 31.9 Å². The van der Waals surface area contributed by atoms with Gasteiger partial charge in [-0.05, 0) is 21.5 Å². The van der Waals surface area contributed by atoms with E-state index in [4.69, 9.17) is 0 Å². The standard InChI is InChI=1S/C11H10Br2N2/c1-15-11(13)9(7-14-15)10(12)8-5-3-2-4-6-8/h2-7,10H,1H3. The van der Waals surface area contributed by atoms with Gasteiger partial charge in [0.2, 0.25) is 0 Å². The zero-order valence-electron chi connectivity index (χ0n) is 8.19. The Labute approximate surface area is 106 Å². The molecule has 2 aromatic rings. The number of benzene rings is 1. The maximum atomic E-state index is 4.20. The molecule has 0 aliphatic carbocycles. The Hall–Kier alpha value is -0.610. The van der Waals surface area contributed by atoms with Crippen LogP contribution < -0.4 is 0 Å². The number of alkyl halides is 1. The monoisotopic (exact) mass is 328 g/mol. The quantitative estimate of drug-likeness (QED) is 0.769. The van der Waals surface area contributed by atoms with Crippen LogP contribution in [0.3, 0.4) is 0 Å². The SMILES string of the molecule is Cn1ncc(C(Br)c2ccccc2)c1Br. The van der Waals surface area contributed by atoms with Crippen LogP contribution in [0.25, 0.3) is 0 Å². The van der Waals surface area contributed by atoms with Crippen molar-refractivity contribution in [2.45, 2.75) is 4.83 Å². The van der Waals surface area contributed by atoms with Crippen molar-refractivity contribution in [2.75, 3.05) is 0 Å². The third-order valence-electron chi connectivity index (χ3n) is 2.26. The van der Waals surface area contributed by atoms with E-state index >= 15 is 0 Å². The summed E-state index contributed by atoms with van der Waals surface area (Å²) >= 11 is 7.19. The second-order valence-electron chi connectivity index (χ2n) is 3.29. The van der Waals surface area contributed by atoms with Gasteiger partial charge in [-0.15, -0.1) is 0 Å². The Morgan fingerprint density at radius 2 is 1.93 bits per heavy atom. The fraction of sp³-hybridized carbons (Fsp3) is 0.182. The average Bonchev–Trinajstić information content (AvgIpc) is 2.60. The Bertz CT molecular complexity index is 451. The van der Waals surface area contributed by atoms with Crippen molar-refractivity contribution < 1.29 is 0 Å². The molecule has 0 amide bonds. The van der Waals surface area contributed by atoms with Gasteiger partial charge in [0, 0.05) is 12.6 Å². The molecule has 1 unspecified atom stereocenters. The smallest absolute Gasteiger partial charge is 0.108 e. The van der Waals surface area contributed by atoms with Crippen molar-refractivity contribution in [3.63, 3.8) is 0 Å². The molecule has 1 aromatic heterocycles. The second-order valence-corrected chi connectivity index (χ2v) is 4.95. The van der Waals surface area contributed by atoms with E-state index in [0.717, 1.165) is 10.2 Å². The molecule has 0 aliphatic rings. The number of nitrogens with zero attached hydrogens (tertiary/aromatic N) is 2. The molecule has 0 fully saturated rings. The van der Waals surface area contributed by atoms with Gasteiger partial charge in [0.15, 0.2) is 0 Å². The first kappa shape index (κ1) is 10.9. The normalized spacial score (nSPS) is 12.7. The third-order valence-corrected chi connectivity index (χ3v) is 4.25. The minimum absolute atomic E-state index is 0.182. The number of hydrogen-bond donors (Lipinski definition) is 0. The second kappa shape index (κ2) is 4.49. The molecule has 4 heteroatoms. The molecule has 0 aliphatic heterocycles. The summed E-state index contributed by atoms with van der Waals surface area (Å²) in [6, 6.07) is 10.3. The highest BCUT2D eigenvalue weighted by atomic mass is 79.9. The van der Waals surface area contributed by atoms with E-state index < -0.39 is 0 Å². The van der Waals surface area contributed by atoms with Gasteiger partial charge in [-0.3, -0.25) is 4.68 Å². The van der Waals surface area contributed by atoms with Crippen LogP contribution in [0.4, 0.5) is 0 Å². The maximum absolute atomic E-state index is 4.20. The summed E-state index contributed by atoms with van der Waals surface area (Å²) in [5.74, 6) is 0. The number of hydrogen-bond acceptors (Lipinski definition) is 1.